The lowest BCUT2D eigenvalue weighted by atomic mass is 9.85. The van der Waals surface area contributed by atoms with Crippen LogP contribution in [0, 0.1) is 0 Å². The highest BCUT2D eigenvalue weighted by Crippen LogP contribution is 2.40. The van der Waals surface area contributed by atoms with Gasteiger partial charge in [0.25, 0.3) is 11.8 Å². The number of carbonyl (C=O) groups excluding carboxylic acids is 2. The van der Waals surface area contributed by atoms with E-state index in [0.717, 1.165) is 48.1 Å². The van der Waals surface area contributed by atoms with Crippen molar-refractivity contribution in [2.45, 2.75) is 25.7 Å². The van der Waals surface area contributed by atoms with Gasteiger partial charge in [-0.2, -0.15) is 0 Å². The number of fused-ring (bicyclic) bond motifs is 1. The molecule has 2 aliphatic rings. The van der Waals surface area contributed by atoms with E-state index in [2.05, 4.69) is 18.2 Å². The van der Waals surface area contributed by atoms with Crippen molar-refractivity contribution in [3.05, 3.63) is 118 Å². The van der Waals surface area contributed by atoms with E-state index >= 15 is 0 Å². The maximum absolute atomic E-state index is 13.4. The maximum atomic E-state index is 13.4. The Morgan fingerprint density at radius 3 is 1.87 bits per heavy atom. The summed E-state index contributed by atoms with van der Waals surface area (Å²) in [6.45, 7) is 0. The number of amides is 2. The predicted octanol–water partition coefficient (Wildman–Crippen LogP) is 6.35. The lowest BCUT2D eigenvalue weighted by molar-refractivity contribution is 0.0734. The largest absolute Gasteiger partial charge is 0.268 e. The van der Waals surface area contributed by atoms with Gasteiger partial charge in [-0.15, -0.1) is 0 Å². The van der Waals surface area contributed by atoms with Gasteiger partial charge in [-0.05, 0) is 60.1 Å². The van der Waals surface area contributed by atoms with E-state index in [4.69, 9.17) is 0 Å². The molecule has 152 valence electrons. The molecular weight excluding hydrogens is 382 g/mol. The van der Waals surface area contributed by atoms with Crippen molar-refractivity contribution in [3.63, 3.8) is 0 Å². The first-order valence-corrected chi connectivity index (χ1v) is 10.8. The lowest BCUT2D eigenvalue weighted by Gasteiger charge is -2.27. The van der Waals surface area contributed by atoms with Crippen molar-refractivity contribution in [1.82, 2.24) is 4.90 Å². The molecule has 0 saturated heterocycles. The maximum Gasteiger partial charge on any atom is 0.266 e. The van der Waals surface area contributed by atoms with Crippen LogP contribution in [0.5, 0.6) is 0 Å². The first kappa shape index (κ1) is 19.3. The fourth-order valence-corrected chi connectivity index (χ4v) is 4.54. The van der Waals surface area contributed by atoms with Crippen molar-refractivity contribution in [3.8, 4) is 0 Å². The summed E-state index contributed by atoms with van der Waals surface area (Å²) in [5.41, 5.74) is 6.01. The molecular formula is C28H23NO2. The monoisotopic (exact) mass is 405 g/mol. The van der Waals surface area contributed by atoms with E-state index in [0.29, 0.717) is 11.1 Å². The fraction of sp³-hybridized carbons (Fsp3) is 0.143. The zero-order chi connectivity index (χ0) is 21.2. The summed E-state index contributed by atoms with van der Waals surface area (Å²) < 4.78 is 0. The Labute approximate surface area is 182 Å². The third-order valence-electron chi connectivity index (χ3n) is 6.00. The van der Waals surface area contributed by atoms with Crippen molar-refractivity contribution in [2.24, 2.45) is 0 Å². The molecule has 1 aliphatic carbocycles. The molecule has 3 heteroatoms. The van der Waals surface area contributed by atoms with Crippen LogP contribution in [-0.4, -0.2) is 16.7 Å². The summed E-state index contributed by atoms with van der Waals surface area (Å²) in [7, 11) is 0. The van der Waals surface area contributed by atoms with Crippen LogP contribution in [0.2, 0.25) is 0 Å². The molecule has 1 aliphatic heterocycles. The van der Waals surface area contributed by atoms with Crippen LogP contribution in [0.25, 0.3) is 11.8 Å². The van der Waals surface area contributed by atoms with Gasteiger partial charge in [0.2, 0.25) is 0 Å². The Kier molecular flexibility index (Phi) is 5.09. The summed E-state index contributed by atoms with van der Waals surface area (Å²) in [5.74, 6) is -0.479. The van der Waals surface area contributed by atoms with Crippen molar-refractivity contribution in [1.29, 1.82) is 0 Å². The van der Waals surface area contributed by atoms with Crippen LogP contribution in [0.1, 0.15) is 57.5 Å². The number of nitrogens with zero attached hydrogens (tertiary/aromatic N) is 1. The zero-order valence-electron chi connectivity index (χ0n) is 17.3. The molecule has 31 heavy (non-hydrogen) atoms. The summed E-state index contributed by atoms with van der Waals surface area (Å²) in [4.78, 5) is 28.2. The third kappa shape index (κ3) is 3.53. The van der Waals surface area contributed by atoms with Gasteiger partial charge in [-0.1, -0.05) is 78.9 Å². The minimum absolute atomic E-state index is 0.239. The number of allylic oxidation sites excluding steroid dienone is 2. The molecule has 1 heterocycles. The Balaban J connectivity index is 1.72. The van der Waals surface area contributed by atoms with Crippen LogP contribution in [0.3, 0.4) is 0 Å². The first-order valence-electron chi connectivity index (χ1n) is 10.8. The van der Waals surface area contributed by atoms with Crippen LogP contribution < -0.4 is 0 Å². The van der Waals surface area contributed by atoms with Gasteiger partial charge in [0.05, 0.1) is 16.8 Å². The van der Waals surface area contributed by atoms with Gasteiger partial charge in [0.1, 0.15) is 0 Å². The second kappa shape index (κ2) is 8.19. The molecule has 3 aromatic carbocycles. The molecule has 3 nitrogen and oxygen atoms in total. The summed E-state index contributed by atoms with van der Waals surface area (Å²) in [6.07, 6.45) is 6.13. The van der Waals surface area contributed by atoms with E-state index in [1.807, 2.05) is 60.7 Å². The van der Waals surface area contributed by atoms with E-state index in [-0.39, 0.29) is 11.8 Å². The van der Waals surface area contributed by atoms with E-state index in [1.54, 1.807) is 12.1 Å². The minimum atomic E-state index is -0.239. The molecule has 3 aromatic rings. The van der Waals surface area contributed by atoms with E-state index in [9.17, 15) is 9.59 Å². The normalized spacial score (nSPS) is 19.0. The molecule has 0 spiro atoms. The molecule has 0 radical (unpaired) electrons. The molecule has 0 bridgehead atoms. The number of hydrogen-bond acceptors (Lipinski definition) is 2. The third-order valence-corrected chi connectivity index (χ3v) is 6.00. The molecule has 1 fully saturated rings. The molecule has 0 unspecified atom stereocenters. The Bertz CT molecular complexity index is 1170. The summed E-state index contributed by atoms with van der Waals surface area (Å²) in [6, 6.07) is 27.2. The minimum Gasteiger partial charge on any atom is -0.268 e. The van der Waals surface area contributed by atoms with Crippen LogP contribution in [0.4, 0.5) is 0 Å². The quantitative estimate of drug-likeness (QED) is 0.476. The number of carbonyl (C=O) groups is 2. The van der Waals surface area contributed by atoms with Crippen LogP contribution in [-0.2, 0) is 0 Å². The smallest absolute Gasteiger partial charge is 0.266 e. The highest BCUT2D eigenvalue weighted by Gasteiger charge is 2.39. The Morgan fingerprint density at radius 1 is 0.677 bits per heavy atom. The van der Waals surface area contributed by atoms with Crippen LogP contribution >= 0.6 is 0 Å². The second-order valence-corrected chi connectivity index (χ2v) is 7.97. The van der Waals surface area contributed by atoms with Crippen LogP contribution in [0.15, 0.2) is 96.1 Å². The molecule has 5 rings (SSSR count). The molecule has 0 atom stereocenters. The lowest BCUT2D eigenvalue weighted by Crippen LogP contribution is -2.30. The summed E-state index contributed by atoms with van der Waals surface area (Å²) >= 11 is 0. The van der Waals surface area contributed by atoms with E-state index < -0.39 is 0 Å². The highest BCUT2D eigenvalue weighted by atomic mass is 16.2. The number of benzene rings is 3. The molecule has 0 N–H and O–H groups in total. The van der Waals surface area contributed by atoms with Crippen molar-refractivity contribution < 1.29 is 9.59 Å². The number of imide groups is 1. The topological polar surface area (TPSA) is 37.4 Å². The first-order chi connectivity index (χ1) is 15.2. The van der Waals surface area contributed by atoms with Gasteiger partial charge in [-0.25, -0.2) is 4.90 Å². The average molecular weight is 405 g/mol. The Morgan fingerprint density at radius 2 is 1.23 bits per heavy atom. The fourth-order valence-electron chi connectivity index (χ4n) is 4.54. The molecule has 0 aromatic heterocycles. The van der Waals surface area contributed by atoms with Gasteiger partial charge >= 0.3 is 0 Å². The van der Waals surface area contributed by atoms with Crippen molar-refractivity contribution >= 4 is 23.6 Å². The predicted molar refractivity (Wildman–Crippen MR) is 123 cm³/mol. The Hall–Kier alpha value is -3.72. The number of rotatable bonds is 3. The molecule has 2 amide bonds. The highest BCUT2D eigenvalue weighted by molar-refractivity contribution is 6.25. The van der Waals surface area contributed by atoms with Gasteiger partial charge in [-0.3, -0.25) is 9.59 Å². The van der Waals surface area contributed by atoms with E-state index in [1.165, 1.54) is 10.5 Å². The SMILES string of the molecule is O=C1c2ccccc2C(=O)N1/C(=C1\CCCC\C1=C/c1ccccc1)c1ccccc1. The second-order valence-electron chi connectivity index (χ2n) is 7.97. The van der Waals surface area contributed by atoms with Gasteiger partial charge < -0.3 is 0 Å². The molecule has 1 saturated carbocycles. The number of hydrogen-bond donors (Lipinski definition) is 0. The van der Waals surface area contributed by atoms with Gasteiger partial charge in [0.15, 0.2) is 0 Å². The standard InChI is InChI=1S/C28H23NO2/c30-27-24-17-9-10-18-25(24)28(31)29(27)26(21-13-5-2-6-14-21)23-16-8-7-15-22(23)19-20-11-3-1-4-12-20/h1-6,9-14,17-19H,7-8,15-16H2/b22-19+,26-23+. The zero-order valence-corrected chi connectivity index (χ0v) is 17.3. The van der Waals surface area contributed by atoms with Crippen molar-refractivity contribution in [2.75, 3.05) is 0 Å². The average Bonchev–Trinajstić information content (AvgIpc) is 3.07. The van der Waals surface area contributed by atoms with Gasteiger partial charge in [0, 0.05) is 0 Å². The summed E-state index contributed by atoms with van der Waals surface area (Å²) in [5, 5.41) is 0.